The highest BCUT2D eigenvalue weighted by Gasteiger charge is 2.19. The van der Waals surface area contributed by atoms with Crippen LogP contribution >= 0.6 is 0 Å². The van der Waals surface area contributed by atoms with E-state index in [1.807, 2.05) is 38.2 Å². The molecule has 1 N–H and O–H groups in total. The van der Waals surface area contributed by atoms with Crippen LogP contribution in [0.5, 0.6) is 0 Å². The van der Waals surface area contributed by atoms with Crippen molar-refractivity contribution in [1.29, 1.82) is 0 Å². The number of piperazine rings is 1. The number of carbonyl (C=O) groups excluding carboxylic acids is 1. The fraction of sp³-hybridized carbons (Fsp3) is 0.429. The fourth-order valence-electron chi connectivity index (χ4n) is 3.45. The number of carbonyl (C=O) groups is 1. The van der Waals surface area contributed by atoms with Crippen molar-refractivity contribution >= 4 is 11.6 Å². The van der Waals surface area contributed by atoms with E-state index in [4.69, 9.17) is 0 Å². The quantitative estimate of drug-likeness (QED) is 0.899. The molecule has 3 rings (SSSR count). The van der Waals surface area contributed by atoms with Crippen molar-refractivity contribution in [2.75, 3.05) is 38.0 Å². The lowest BCUT2D eigenvalue weighted by Crippen LogP contribution is -2.48. The number of amides is 1. The van der Waals surface area contributed by atoms with Crippen LogP contribution in [0.15, 0.2) is 36.5 Å². The molecule has 1 saturated heterocycles. The molecule has 138 valence electrons. The topological polar surface area (TPSA) is 48.5 Å². The van der Waals surface area contributed by atoms with Crippen LogP contribution in [0, 0.1) is 20.8 Å². The second-order valence-corrected chi connectivity index (χ2v) is 7.24. The normalized spacial score (nSPS) is 15.8. The average Bonchev–Trinajstić information content (AvgIpc) is 2.57. The van der Waals surface area contributed by atoms with Crippen LogP contribution in [0.25, 0.3) is 0 Å². The zero-order chi connectivity index (χ0) is 18.5. The maximum Gasteiger partial charge on any atom is 0.238 e. The monoisotopic (exact) mass is 352 g/mol. The van der Waals surface area contributed by atoms with Crippen LogP contribution in [0.3, 0.4) is 0 Å². The summed E-state index contributed by atoms with van der Waals surface area (Å²) in [6, 6.07) is 10.2. The standard InChI is InChI=1S/C21H28N4O/c1-16-11-17(2)13-19(12-16)23-21(26)15-25-9-7-24(8-10-25)14-20-18(3)5-4-6-22-20/h4-6,11-13H,7-10,14-15H2,1-3H3,(H,23,26). The molecule has 1 aliphatic heterocycles. The van der Waals surface area contributed by atoms with Gasteiger partial charge in [0, 0.05) is 44.6 Å². The Balaban J connectivity index is 1.46. The van der Waals surface area contributed by atoms with Crippen LogP contribution in [0.2, 0.25) is 0 Å². The number of nitrogens with zero attached hydrogens (tertiary/aromatic N) is 3. The van der Waals surface area contributed by atoms with E-state index in [9.17, 15) is 4.79 Å². The largest absolute Gasteiger partial charge is 0.325 e. The van der Waals surface area contributed by atoms with E-state index >= 15 is 0 Å². The molecule has 1 amide bonds. The van der Waals surface area contributed by atoms with Gasteiger partial charge in [-0.1, -0.05) is 12.1 Å². The van der Waals surface area contributed by atoms with Gasteiger partial charge in [-0.15, -0.1) is 0 Å². The Morgan fingerprint density at radius 3 is 2.35 bits per heavy atom. The minimum Gasteiger partial charge on any atom is -0.325 e. The summed E-state index contributed by atoms with van der Waals surface area (Å²) in [6.45, 7) is 11.3. The lowest BCUT2D eigenvalue weighted by Gasteiger charge is -2.34. The third-order valence-electron chi connectivity index (χ3n) is 4.83. The first kappa shape index (κ1) is 18.5. The molecular weight excluding hydrogens is 324 g/mol. The number of hydrogen-bond donors (Lipinski definition) is 1. The highest BCUT2D eigenvalue weighted by atomic mass is 16.2. The smallest absolute Gasteiger partial charge is 0.238 e. The van der Waals surface area contributed by atoms with Gasteiger partial charge in [0.25, 0.3) is 0 Å². The molecule has 1 aromatic carbocycles. The van der Waals surface area contributed by atoms with E-state index in [2.05, 4.69) is 39.2 Å². The number of aryl methyl sites for hydroxylation is 3. The molecule has 0 bridgehead atoms. The maximum absolute atomic E-state index is 12.3. The van der Waals surface area contributed by atoms with E-state index in [1.54, 1.807) is 0 Å². The molecule has 1 fully saturated rings. The first-order chi connectivity index (χ1) is 12.5. The molecule has 0 radical (unpaired) electrons. The summed E-state index contributed by atoms with van der Waals surface area (Å²) in [5, 5.41) is 3.03. The molecule has 0 spiro atoms. The highest BCUT2D eigenvalue weighted by molar-refractivity contribution is 5.92. The molecule has 26 heavy (non-hydrogen) atoms. The Hall–Kier alpha value is -2.24. The van der Waals surface area contributed by atoms with Crippen molar-refractivity contribution in [2.24, 2.45) is 0 Å². The van der Waals surface area contributed by atoms with Gasteiger partial charge in [0.1, 0.15) is 0 Å². The summed E-state index contributed by atoms with van der Waals surface area (Å²) >= 11 is 0. The lowest BCUT2D eigenvalue weighted by molar-refractivity contribution is -0.117. The number of hydrogen-bond acceptors (Lipinski definition) is 4. The van der Waals surface area contributed by atoms with Gasteiger partial charge in [-0.3, -0.25) is 19.6 Å². The van der Waals surface area contributed by atoms with E-state index in [0.717, 1.165) is 44.1 Å². The van der Waals surface area contributed by atoms with Crippen molar-refractivity contribution in [2.45, 2.75) is 27.3 Å². The van der Waals surface area contributed by atoms with Crippen LogP contribution in [-0.4, -0.2) is 53.4 Å². The third kappa shape index (κ3) is 5.13. The molecule has 1 aromatic heterocycles. The van der Waals surface area contributed by atoms with Gasteiger partial charge in [-0.05, 0) is 55.7 Å². The van der Waals surface area contributed by atoms with Crippen molar-refractivity contribution in [3.8, 4) is 0 Å². The summed E-state index contributed by atoms with van der Waals surface area (Å²) < 4.78 is 0. The van der Waals surface area contributed by atoms with Crippen molar-refractivity contribution < 1.29 is 4.79 Å². The number of nitrogens with one attached hydrogen (secondary N) is 1. The van der Waals surface area contributed by atoms with Crippen LogP contribution in [0.1, 0.15) is 22.4 Å². The molecule has 0 atom stereocenters. The van der Waals surface area contributed by atoms with Gasteiger partial charge < -0.3 is 5.32 Å². The Bertz CT molecular complexity index is 746. The molecule has 5 heteroatoms. The summed E-state index contributed by atoms with van der Waals surface area (Å²) in [7, 11) is 0. The second kappa shape index (κ2) is 8.43. The minimum absolute atomic E-state index is 0.0593. The summed E-state index contributed by atoms with van der Waals surface area (Å²) in [6.07, 6.45) is 1.86. The molecule has 1 aliphatic rings. The van der Waals surface area contributed by atoms with Crippen molar-refractivity contribution in [3.05, 3.63) is 58.9 Å². The molecule has 0 saturated carbocycles. The van der Waals surface area contributed by atoms with Gasteiger partial charge in [-0.2, -0.15) is 0 Å². The van der Waals surface area contributed by atoms with E-state index in [0.29, 0.717) is 6.54 Å². The summed E-state index contributed by atoms with van der Waals surface area (Å²) in [4.78, 5) is 21.5. The fourth-order valence-corrected chi connectivity index (χ4v) is 3.45. The Kier molecular flexibility index (Phi) is 6.01. The lowest BCUT2D eigenvalue weighted by atomic mass is 10.1. The van der Waals surface area contributed by atoms with E-state index in [-0.39, 0.29) is 5.91 Å². The predicted octanol–water partition coefficient (Wildman–Crippen LogP) is 2.76. The Morgan fingerprint density at radius 1 is 1.04 bits per heavy atom. The van der Waals surface area contributed by atoms with Crippen LogP contribution < -0.4 is 5.32 Å². The van der Waals surface area contributed by atoms with Crippen molar-refractivity contribution in [1.82, 2.24) is 14.8 Å². The summed E-state index contributed by atoms with van der Waals surface area (Å²) in [5.41, 5.74) is 5.60. The van der Waals surface area contributed by atoms with Gasteiger partial charge in [0.2, 0.25) is 5.91 Å². The average molecular weight is 352 g/mol. The number of aromatic nitrogens is 1. The minimum atomic E-state index is 0.0593. The van der Waals surface area contributed by atoms with E-state index < -0.39 is 0 Å². The SMILES string of the molecule is Cc1cc(C)cc(NC(=O)CN2CCN(Cc3ncccc3C)CC2)c1. The molecule has 2 aromatic rings. The number of pyridine rings is 1. The predicted molar refractivity (Wildman–Crippen MR) is 105 cm³/mol. The molecular formula is C21H28N4O. The van der Waals surface area contributed by atoms with Gasteiger partial charge in [0.15, 0.2) is 0 Å². The third-order valence-corrected chi connectivity index (χ3v) is 4.83. The number of rotatable bonds is 5. The molecule has 5 nitrogen and oxygen atoms in total. The molecule has 0 aliphatic carbocycles. The van der Waals surface area contributed by atoms with E-state index in [1.165, 1.54) is 16.7 Å². The second-order valence-electron chi connectivity index (χ2n) is 7.24. The first-order valence-corrected chi connectivity index (χ1v) is 9.23. The molecule has 2 heterocycles. The van der Waals surface area contributed by atoms with Gasteiger partial charge >= 0.3 is 0 Å². The maximum atomic E-state index is 12.3. The van der Waals surface area contributed by atoms with Gasteiger partial charge in [-0.25, -0.2) is 0 Å². The zero-order valence-electron chi connectivity index (χ0n) is 16.0. The van der Waals surface area contributed by atoms with Crippen LogP contribution in [-0.2, 0) is 11.3 Å². The number of anilines is 1. The Morgan fingerprint density at radius 2 is 1.69 bits per heavy atom. The Labute approximate surface area is 156 Å². The first-order valence-electron chi connectivity index (χ1n) is 9.23. The highest BCUT2D eigenvalue weighted by Crippen LogP contribution is 2.14. The summed E-state index contributed by atoms with van der Waals surface area (Å²) in [5.74, 6) is 0.0593. The zero-order valence-corrected chi connectivity index (χ0v) is 16.0. The van der Waals surface area contributed by atoms with Crippen molar-refractivity contribution in [3.63, 3.8) is 0 Å². The molecule has 0 unspecified atom stereocenters. The number of benzene rings is 1. The van der Waals surface area contributed by atoms with Crippen LogP contribution in [0.4, 0.5) is 5.69 Å². The van der Waals surface area contributed by atoms with Gasteiger partial charge in [0.05, 0.1) is 12.2 Å².